The first-order chi connectivity index (χ1) is 7.27. The van der Waals surface area contributed by atoms with Crippen LogP contribution in [0.4, 0.5) is 0 Å². The van der Waals surface area contributed by atoms with E-state index in [1.807, 2.05) is 24.5 Å². The standard InChI is InChI=1S/C9H8N2S.C2H4O/c1-7-5-11-9(12-7)8-3-2-4-10-6-8;1-2-3/h2-6H,1H3;2H,1H3. The van der Waals surface area contributed by atoms with Crippen LogP contribution in [0.2, 0.25) is 0 Å². The predicted molar refractivity (Wildman–Crippen MR) is 61.8 cm³/mol. The van der Waals surface area contributed by atoms with Crippen LogP contribution in [0.15, 0.2) is 30.7 Å². The molecule has 0 aromatic carbocycles. The number of carbonyl (C=O) groups excluding carboxylic acids is 1. The molecule has 0 bridgehead atoms. The van der Waals surface area contributed by atoms with Crippen LogP contribution in [0.1, 0.15) is 11.8 Å². The minimum absolute atomic E-state index is 0.750. The Morgan fingerprint density at radius 2 is 2.13 bits per heavy atom. The molecule has 0 spiro atoms. The molecule has 4 heteroatoms. The summed E-state index contributed by atoms with van der Waals surface area (Å²) in [4.78, 5) is 18.3. The molecule has 0 aliphatic carbocycles. The Hall–Kier alpha value is -1.55. The quantitative estimate of drug-likeness (QED) is 0.694. The van der Waals surface area contributed by atoms with Gasteiger partial charge >= 0.3 is 0 Å². The molecule has 3 nitrogen and oxygen atoms in total. The molecule has 2 heterocycles. The molecule has 0 radical (unpaired) electrons. The normalized spacial score (nSPS) is 8.93. The lowest BCUT2D eigenvalue weighted by Gasteiger charge is -1.91. The van der Waals surface area contributed by atoms with Crippen LogP contribution in [0.3, 0.4) is 0 Å². The summed E-state index contributed by atoms with van der Waals surface area (Å²) in [6.07, 6.45) is 6.23. The van der Waals surface area contributed by atoms with Gasteiger partial charge in [-0.15, -0.1) is 11.3 Å². The van der Waals surface area contributed by atoms with Crippen LogP contribution >= 0.6 is 11.3 Å². The highest BCUT2D eigenvalue weighted by Gasteiger charge is 2.00. The number of hydrogen-bond acceptors (Lipinski definition) is 4. The average Bonchev–Trinajstić information content (AvgIpc) is 2.67. The molecule has 2 aromatic heterocycles. The van der Waals surface area contributed by atoms with Crippen LogP contribution in [0.5, 0.6) is 0 Å². The summed E-state index contributed by atoms with van der Waals surface area (Å²) >= 11 is 1.69. The van der Waals surface area contributed by atoms with E-state index < -0.39 is 0 Å². The highest BCUT2D eigenvalue weighted by Crippen LogP contribution is 2.22. The number of rotatable bonds is 1. The smallest absolute Gasteiger partial charge is 0.125 e. The molecule has 2 rings (SSSR count). The Kier molecular flexibility index (Phi) is 4.63. The van der Waals surface area contributed by atoms with Gasteiger partial charge in [0.05, 0.1) is 0 Å². The Morgan fingerprint density at radius 1 is 1.40 bits per heavy atom. The zero-order valence-electron chi connectivity index (χ0n) is 8.68. The topological polar surface area (TPSA) is 42.9 Å². The van der Waals surface area contributed by atoms with Crippen molar-refractivity contribution < 1.29 is 4.79 Å². The maximum absolute atomic E-state index is 8.81. The van der Waals surface area contributed by atoms with Gasteiger partial charge in [0.1, 0.15) is 11.3 Å². The van der Waals surface area contributed by atoms with Crippen molar-refractivity contribution in [1.82, 2.24) is 9.97 Å². The molecule has 78 valence electrons. The Labute approximate surface area is 92.8 Å². The fraction of sp³-hybridized carbons (Fsp3) is 0.182. The number of pyridine rings is 1. The van der Waals surface area contributed by atoms with Crippen LogP contribution in [0, 0.1) is 6.92 Å². The van der Waals surface area contributed by atoms with Crippen molar-refractivity contribution in [2.45, 2.75) is 13.8 Å². The van der Waals surface area contributed by atoms with Crippen molar-refractivity contribution in [1.29, 1.82) is 0 Å². The van der Waals surface area contributed by atoms with Crippen molar-refractivity contribution in [3.05, 3.63) is 35.6 Å². The summed E-state index contributed by atoms with van der Waals surface area (Å²) in [5, 5.41) is 1.04. The minimum Gasteiger partial charge on any atom is -0.304 e. The molecule has 0 aliphatic heterocycles. The monoisotopic (exact) mass is 220 g/mol. The Bertz CT molecular complexity index is 412. The summed E-state index contributed by atoms with van der Waals surface area (Å²) in [6.45, 7) is 3.50. The number of carbonyl (C=O) groups is 1. The Balaban J connectivity index is 0.000000337. The summed E-state index contributed by atoms with van der Waals surface area (Å²) in [5.41, 5.74) is 1.09. The number of hydrogen-bond donors (Lipinski definition) is 0. The van der Waals surface area contributed by atoms with Crippen LogP contribution < -0.4 is 0 Å². The number of thiazole rings is 1. The van der Waals surface area contributed by atoms with E-state index in [0.717, 1.165) is 16.9 Å². The predicted octanol–water partition coefficient (Wildman–Crippen LogP) is 2.72. The average molecular weight is 220 g/mol. The van der Waals surface area contributed by atoms with Gasteiger partial charge in [-0.3, -0.25) is 4.98 Å². The second-order valence-electron chi connectivity index (χ2n) is 2.75. The van der Waals surface area contributed by atoms with E-state index in [-0.39, 0.29) is 0 Å². The lowest BCUT2D eigenvalue weighted by molar-refractivity contribution is -0.106. The van der Waals surface area contributed by atoms with Gasteiger partial charge in [0.25, 0.3) is 0 Å². The number of aromatic nitrogens is 2. The van der Waals surface area contributed by atoms with E-state index in [4.69, 9.17) is 4.79 Å². The van der Waals surface area contributed by atoms with Crippen molar-refractivity contribution >= 4 is 17.6 Å². The highest BCUT2D eigenvalue weighted by molar-refractivity contribution is 7.14. The first kappa shape index (κ1) is 11.5. The zero-order chi connectivity index (χ0) is 11.1. The summed E-state index contributed by atoms with van der Waals surface area (Å²) < 4.78 is 0. The van der Waals surface area contributed by atoms with E-state index in [1.165, 1.54) is 11.8 Å². The van der Waals surface area contributed by atoms with E-state index in [9.17, 15) is 0 Å². The van der Waals surface area contributed by atoms with Gasteiger partial charge in [-0.25, -0.2) is 4.98 Å². The van der Waals surface area contributed by atoms with Crippen LogP contribution in [0.25, 0.3) is 10.6 Å². The fourth-order valence-corrected chi connectivity index (χ4v) is 1.73. The molecule has 15 heavy (non-hydrogen) atoms. The van der Waals surface area contributed by atoms with Gasteiger partial charge < -0.3 is 4.79 Å². The van der Waals surface area contributed by atoms with Gasteiger partial charge in [-0.2, -0.15) is 0 Å². The first-order valence-corrected chi connectivity index (χ1v) is 5.32. The maximum Gasteiger partial charge on any atom is 0.125 e. The van der Waals surface area contributed by atoms with Crippen LogP contribution in [-0.2, 0) is 4.79 Å². The molecule has 0 aliphatic rings. The van der Waals surface area contributed by atoms with E-state index in [0.29, 0.717) is 0 Å². The van der Waals surface area contributed by atoms with Crippen molar-refractivity contribution in [2.24, 2.45) is 0 Å². The van der Waals surface area contributed by atoms with Crippen molar-refractivity contribution in [2.75, 3.05) is 0 Å². The largest absolute Gasteiger partial charge is 0.304 e. The molecule has 0 amide bonds. The SMILES string of the molecule is CC=O.Cc1cnc(-c2cccnc2)s1. The summed E-state index contributed by atoms with van der Waals surface area (Å²) in [5.74, 6) is 0. The van der Waals surface area contributed by atoms with Gasteiger partial charge in [0, 0.05) is 29.0 Å². The van der Waals surface area contributed by atoms with E-state index in [1.54, 1.807) is 17.5 Å². The summed E-state index contributed by atoms with van der Waals surface area (Å²) in [6, 6.07) is 3.94. The molecule has 2 aromatic rings. The van der Waals surface area contributed by atoms with Gasteiger partial charge in [-0.1, -0.05) is 0 Å². The number of nitrogens with zero attached hydrogens (tertiary/aromatic N) is 2. The maximum atomic E-state index is 8.81. The summed E-state index contributed by atoms with van der Waals surface area (Å²) in [7, 11) is 0. The second-order valence-corrected chi connectivity index (χ2v) is 3.99. The molecule has 0 N–H and O–H groups in total. The van der Waals surface area contributed by atoms with Crippen molar-refractivity contribution in [3.8, 4) is 10.6 Å². The molecule has 0 fully saturated rings. The van der Waals surface area contributed by atoms with E-state index >= 15 is 0 Å². The van der Waals surface area contributed by atoms with Gasteiger partial charge in [-0.05, 0) is 26.0 Å². The number of aryl methyl sites for hydroxylation is 1. The highest BCUT2D eigenvalue weighted by atomic mass is 32.1. The van der Waals surface area contributed by atoms with E-state index in [2.05, 4.69) is 16.9 Å². The lowest BCUT2D eigenvalue weighted by Crippen LogP contribution is -1.75. The van der Waals surface area contributed by atoms with Gasteiger partial charge in [0.2, 0.25) is 0 Å². The lowest BCUT2D eigenvalue weighted by atomic mass is 10.3. The first-order valence-electron chi connectivity index (χ1n) is 4.50. The molecular formula is C11H12N2OS. The third-order valence-electron chi connectivity index (χ3n) is 1.53. The second kappa shape index (κ2) is 6.03. The molecule has 0 saturated carbocycles. The third-order valence-corrected chi connectivity index (χ3v) is 2.49. The number of aldehydes is 1. The molecular weight excluding hydrogens is 208 g/mol. The molecule has 0 saturated heterocycles. The third kappa shape index (κ3) is 3.59. The molecule has 0 unspecified atom stereocenters. The van der Waals surface area contributed by atoms with Crippen molar-refractivity contribution in [3.63, 3.8) is 0 Å². The zero-order valence-corrected chi connectivity index (χ0v) is 9.49. The van der Waals surface area contributed by atoms with Gasteiger partial charge in [0.15, 0.2) is 0 Å². The fourth-order valence-electron chi connectivity index (χ4n) is 0.977. The Morgan fingerprint density at radius 3 is 2.60 bits per heavy atom. The minimum atomic E-state index is 0.750. The molecule has 0 atom stereocenters. The van der Waals surface area contributed by atoms with Crippen LogP contribution in [-0.4, -0.2) is 16.3 Å².